The maximum atomic E-state index is 12.7. The van der Waals surface area contributed by atoms with Crippen molar-refractivity contribution in [3.63, 3.8) is 0 Å². The summed E-state index contributed by atoms with van der Waals surface area (Å²) >= 11 is 0.653. The smallest absolute Gasteiger partial charge is 0.315 e. The van der Waals surface area contributed by atoms with Gasteiger partial charge in [-0.05, 0) is 55.7 Å². The molecule has 2 aliphatic heterocycles. The number of nitro groups is 1. The molecule has 0 unspecified atom stereocenters. The van der Waals surface area contributed by atoms with Gasteiger partial charge in [-0.25, -0.2) is 0 Å². The summed E-state index contributed by atoms with van der Waals surface area (Å²) in [4.78, 5) is 50.6. The number of piperidine rings is 1. The van der Waals surface area contributed by atoms with Crippen LogP contribution in [0.2, 0.25) is 0 Å². The molecule has 3 amide bonds. The Kier molecular flexibility index (Phi) is 6.30. The lowest BCUT2D eigenvalue weighted by Gasteiger charge is -2.34. The summed E-state index contributed by atoms with van der Waals surface area (Å²) in [6.45, 7) is 2.20. The summed E-state index contributed by atoms with van der Waals surface area (Å²) in [6, 6.07) is 2.45. The zero-order valence-corrected chi connectivity index (χ0v) is 17.3. The van der Waals surface area contributed by atoms with Gasteiger partial charge in [0.2, 0.25) is 11.7 Å². The molecule has 0 aliphatic carbocycles. The van der Waals surface area contributed by atoms with Crippen molar-refractivity contribution in [3.05, 3.63) is 32.7 Å². The predicted octanol–water partition coefficient (Wildman–Crippen LogP) is 2.75. The van der Waals surface area contributed by atoms with Crippen molar-refractivity contribution in [2.45, 2.75) is 32.2 Å². The second kappa shape index (κ2) is 8.74. The standard InChI is InChI=1S/C19H21N3O7S/c1-11-5-3-4-6-20(11)16(23)10-21-18(25)15(30-19(21)26)9-12-7-13(22(27)28)17(24)14(8-12)29-2/h7-9,11,24H,3-6,10H2,1-2H3/b15-9-/t11-/m1/s1. The fourth-order valence-corrected chi connectivity index (χ4v) is 4.31. The number of rotatable bonds is 5. The summed E-state index contributed by atoms with van der Waals surface area (Å²) in [6.07, 6.45) is 4.11. The van der Waals surface area contributed by atoms with Crippen molar-refractivity contribution in [3.8, 4) is 11.5 Å². The second-order valence-corrected chi connectivity index (χ2v) is 8.04. The zero-order chi connectivity index (χ0) is 22.0. The molecule has 0 saturated carbocycles. The Labute approximate surface area is 176 Å². The quantitative estimate of drug-likeness (QED) is 0.424. The molecule has 0 spiro atoms. The molecular weight excluding hydrogens is 414 g/mol. The minimum atomic E-state index is -0.778. The molecule has 160 valence electrons. The van der Waals surface area contributed by atoms with Crippen LogP contribution in [0, 0.1) is 10.1 Å². The Bertz CT molecular complexity index is 946. The third-order valence-corrected chi connectivity index (χ3v) is 5.99. The number of aromatic hydroxyl groups is 1. The highest BCUT2D eigenvalue weighted by atomic mass is 32.2. The number of nitrogens with zero attached hydrogens (tertiary/aromatic N) is 3. The van der Waals surface area contributed by atoms with E-state index in [1.807, 2.05) is 6.92 Å². The average Bonchev–Trinajstić information content (AvgIpc) is 2.96. The van der Waals surface area contributed by atoms with Crippen LogP contribution in [0.4, 0.5) is 10.5 Å². The number of benzene rings is 1. The van der Waals surface area contributed by atoms with Gasteiger partial charge in [0.1, 0.15) is 6.54 Å². The van der Waals surface area contributed by atoms with Crippen LogP contribution in [0.15, 0.2) is 17.0 Å². The van der Waals surface area contributed by atoms with Crippen molar-refractivity contribution in [1.29, 1.82) is 0 Å². The molecule has 11 heteroatoms. The number of hydrogen-bond donors (Lipinski definition) is 1. The molecule has 1 aromatic carbocycles. The van der Waals surface area contributed by atoms with Crippen LogP contribution in [-0.4, -0.2) is 63.1 Å². The van der Waals surface area contributed by atoms with Crippen LogP contribution < -0.4 is 4.74 Å². The highest BCUT2D eigenvalue weighted by Gasteiger charge is 2.38. The third kappa shape index (κ3) is 4.25. The summed E-state index contributed by atoms with van der Waals surface area (Å²) in [5.41, 5.74) is -0.382. The zero-order valence-electron chi connectivity index (χ0n) is 16.5. The van der Waals surface area contributed by atoms with E-state index in [4.69, 9.17) is 4.74 Å². The molecule has 3 rings (SSSR count). The van der Waals surface area contributed by atoms with Gasteiger partial charge >= 0.3 is 5.69 Å². The molecule has 0 aromatic heterocycles. The number of hydrogen-bond acceptors (Lipinski definition) is 8. The van der Waals surface area contributed by atoms with Gasteiger partial charge in [0.25, 0.3) is 11.1 Å². The van der Waals surface area contributed by atoms with Gasteiger partial charge in [-0.3, -0.25) is 29.4 Å². The lowest BCUT2D eigenvalue weighted by atomic mass is 10.0. The number of methoxy groups -OCH3 is 1. The third-order valence-electron chi connectivity index (χ3n) is 5.08. The van der Waals surface area contributed by atoms with E-state index in [1.54, 1.807) is 4.90 Å². The van der Waals surface area contributed by atoms with E-state index in [9.17, 15) is 29.6 Å². The van der Waals surface area contributed by atoms with E-state index >= 15 is 0 Å². The lowest BCUT2D eigenvalue weighted by molar-refractivity contribution is -0.386. The number of thioether (sulfide) groups is 1. The van der Waals surface area contributed by atoms with E-state index in [0.29, 0.717) is 18.3 Å². The second-order valence-electron chi connectivity index (χ2n) is 7.05. The van der Waals surface area contributed by atoms with E-state index in [1.165, 1.54) is 19.3 Å². The highest BCUT2D eigenvalue weighted by molar-refractivity contribution is 8.18. The van der Waals surface area contributed by atoms with Gasteiger partial charge in [-0.2, -0.15) is 0 Å². The summed E-state index contributed by atoms with van der Waals surface area (Å²) in [7, 11) is 1.24. The fraction of sp³-hybridized carbons (Fsp3) is 0.421. The summed E-state index contributed by atoms with van der Waals surface area (Å²) in [5.74, 6) is -1.69. The number of amides is 3. The fourth-order valence-electron chi connectivity index (χ4n) is 3.47. The van der Waals surface area contributed by atoms with Crippen molar-refractivity contribution >= 4 is 40.6 Å². The van der Waals surface area contributed by atoms with Crippen molar-refractivity contribution in [2.24, 2.45) is 0 Å². The molecule has 10 nitrogen and oxygen atoms in total. The maximum absolute atomic E-state index is 12.7. The number of phenols is 1. The topological polar surface area (TPSA) is 130 Å². The molecule has 0 radical (unpaired) electrons. The molecule has 1 N–H and O–H groups in total. The minimum Gasteiger partial charge on any atom is -0.500 e. The van der Waals surface area contributed by atoms with E-state index < -0.39 is 27.5 Å². The maximum Gasteiger partial charge on any atom is 0.315 e. The van der Waals surface area contributed by atoms with E-state index in [-0.39, 0.29) is 34.7 Å². The normalized spacial score (nSPS) is 20.7. The molecule has 1 aromatic rings. The summed E-state index contributed by atoms with van der Waals surface area (Å²) in [5, 5.41) is 20.4. The van der Waals surface area contributed by atoms with Crippen molar-refractivity contribution in [1.82, 2.24) is 9.80 Å². The van der Waals surface area contributed by atoms with E-state index in [2.05, 4.69) is 0 Å². The number of carbonyl (C=O) groups excluding carboxylic acids is 3. The number of phenolic OH excluding ortho intramolecular Hbond substituents is 1. The van der Waals surface area contributed by atoms with Crippen LogP contribution in [0.1, 0.15) is 31.7 Å². The SMILES string of the molecule is COc1cc(/C=C2\SC(=O)N(CC(=O)N3CCCC[C@H]3C)C2=O)cc([N+](=O)[O-])c1O. The summed E-state index contributed by atoms with van der Waals surface area (Å²) < 4.78 is 4.94. The first-order valence-corrected chi connectivity index (χ1v) is 10.1. The van der Waals surface area contributed by atoms with Crippen LogP contribution in [0.25, 0.3) is 6.08 Å². The molecular formula is C19H21N3O7S. The first-order valence-electron chi connectivity index (χ1n) is 9.33. The number of imide groups is 1. The molecule has 1 atom stereocenters. The van der Waals surface area contributed by atoms with Gasteiger partial charge in [-0.15, -0.1) is 0 Å². The van der Waals surface area contributed by atoms with Gasteiger partial charge in [0.15, 0.2) is 5.75 Å². The first-order chi connectivity index (χ1) is 14.2. The van der Waals surface area contributed by atoms with Gasteiger partial charge < -0.3 is 14.7 Å². The molecule has 0 bridgehead atoms. The molecule has 30 heavy (non-hydrogen) atoms. The van der Waals surface area contributed by atoms with Gasteiger partial charge in [0.05, 0.1) is 16.9 Å². The number of ether oxygens (including phenoxy) is 1. The Morgan fingerprint density at radius 3 is 2.77 bits per heavy atom. The number of nitro benzene ring substituents is 1. The van der Waals surface area contributed by atoms with Gasteiger partial charge in [0, 0.05) is 18.7 Å². The molecule has 2 saturated heterocycles. The average molecular weight is 435 g/mol. The lowest BCUT2D eigenvalue weighted by Crippen LogP contribution is -2.47. The van der Waals surface area contributed by atoms with Crippen molar-refractivity contribution in [2.75, 3.05) is 20.2 Å². The Morgan fingerprint density at radius 1 is 1.40 bits per heavy atom. The van der Waals surface area contributed by atoms with Gasteiger partial charge in [-0.1, -0.05) is 0 Å². The highest BCUT2D eigenvalue weighted by Crippen LogP contribution is 2.39. The van der Waals surface area contributed by atoms with E-state index in [0.717, 1.165) is 30.2 Å². The van der Waals surface area contributed by atoms with Crippen LogP contribution >= 0.6 is 11.8 Å². The Morgan fingerprint density at radius 2 is 2.13 bits per heavy atom. The molecule has 2 fully saturated rings. The molecule has 2 aliphatic rings. The molecule has 2 heterocycles. The van der Waals surface area contributed by atoms with Crippen LogP contribution in [-0.2, 0) is 9.59 Å². The Hall–Kier alpha value is -3.08. The largest absolute Gasteiger partial charge is 0.500 e. The van der Waals surface area contributed by atoms with Crippen LogP contribution in [0.3, 0.4) is 0 Å². The number of likely N-dealkylation sites (tertiary alicyclic amines) is 1. The predicted molar refractivity (Wildman–Crippen MR) is 109 cm³/mol. The first kappa shape index (κ1) is 21.6. The van der Waals surface area contributed by atoms with Crippen LogP contribution in [0.5, 0.6) is 11.5 Å². The monoisotopic (exact) mass is 435 g/mol. The minimum absolute atomic E-state index is 0.0292. The van der Waals surface area contributed by atoms with Crippen molar-refractivity contribution < 1.29 is 29.2 Å². The number of carbonyl (C=O) groups is 3. The Balaban J connectivity index is 1.82.